The first-order valence-corrected chi connectivity index (χ1v) is 13.3. The predicted octanol–water partition coefficient (Wildman–Crippen LogP) is 3.78. The highest BCUT2D eigenvalue weighted by Gasteiger charge is 2.69. The maximum atomic E-state index is 14.5. The molecule has 3 aliphatic rings. The molecule has 196 valence electrons. The average Bonchev–Trinajstić information content (AvgIpc) is 3.51. The SMILES string of the molecule is COc1ccccc1N1C(=O)[C@@H]2[C@H](CC(C)C)N[C@@]3(c4ccccc4-n4c3nc3ccccc3c4=O)[C@H]2C1=O. The summed E-state index contributed by atoms with van der Waals surface area (Å²) in [7, 11) is 1.53. The van der Waals surface area contributed by atoms with E-state index >= 15 is 0 Å². The molecule has 2 fully saturated rings. The van der Waals surface area contributed by atoms with E-state index in [0.717, 1.165) is 5.56 Å². The van der Waals surface area contributed by atoms with Crippen molar-refractivity contribution in [3.8, 4) is 11.4 Å². The largest absolute Gasteiger partial charge is 0.495 e. The fraction of sp³-hybridized carbons (Fsp3) is 0.290. The van der Waals surface area contributed by atoms with Crippen LogP contribution >= 0.6 is 0 Å². The standard InChI is InChI=1S/C31H28N4O4/c1-17(2)16-21-25-26(29(38)34(28(25)37)23-14-8-9-15-24(23)39-3)31(33-21)19-11-5-7-13-22(19)35-27(36)18-10-4-6-12-20(18)32-30(31)35/h4-15,17,21,25-26,33H,16H2,1-3H3/t21-,25+,26+,31-/m0/s1. The third-order valence-corrected chi connectivity index (χ3v) is 8.41. The van der Waals surface area contributed by atoms with Crippen LogP contribution in [0.4, 0.5) is 5.69 Å². The van der Waals surface area contributed by atoms with E-state index in [-0.39, 0.29) is 29.3 Å². The molecule has 7 rings (SSSR count). The summed E-state index contributed by atoms with van der Waals surface area (Å²) in [5, 5.41) is 4.25. The fourth-order valence-corrected chi connectivity index (χ4v) is 6.98. The number of hydrogen-bond acceptors (Lipinski definition) is 6. The molecule has 3 aromatic carbocycles. The number of hydrogen-bond donors (Lipinski definition) is 1. The first kappa shape index (κ1) is 23.8. The number of nitrogens with zero attached hydrogens (tertiary/aromatic N) is 3. The van der Waals surface area contributed by atoms with Crippen LogP contribution < -0.4 is 20.5 Å². The van der Waals surface area contributed by atoms with Gasteiger partial charge in [0.2, 0.25) is 11.8 Å². The number of ether oxygens (including phenoxy) is 1. The maximum Gasteiger partial charge on any atom is 0.266 e. The number of fused-ring (bicyclic) bond motifs is 8. The number of anilines is 1. The van der Waals surface area contributed by atoms with Crippen molar-refractivity contribution in [1.29, 1.82) is 0 Å². The molecule has 2 saturated heterocycles. The van der Waals surface area contributed by atoms with E-state index in [0.29, 0.717) is 40.3 Å². The molecule has 4 heterocycles. The maximum absolute atomic E-state index is 14.5. The van der Waals surface area contributed by atoms with Crippen LogP contribution in [0.3, 0.4) is 0 Å². The van der Waals surface area contributed by atoms with E-state index in [2.05, 4.69) is 19.2 Å². The topological polar surface area (TPSA) is 93.5 Å². The van der Waals surface area contributed by atoms with Crippen molar-refractivity contribution in [3.05, 3.63) is 94.5 Å². The third kappa shape index (κ3) is 3.03. The molecular weight excluding hydrogens is 492 g/mol. The highest BCUT2D eigenvalue weighted by molar-refractivity contribution is 6.24. The summed E-state index contributed by atoms with van der Waals surface area (Å²) in [5.41, 5.74) is 1.12. The van der Waals surface area contributed by atoms with Crippen LogP contribution in [-0.4, -0.2) is 34.5 Å². The summed E-state index contributed by atoms with van der Waals surface area (Å²) < 4.78 is 7.17. The molecule has 4 aromatic rings. The van der Waals surface area contributed by atoms with E-state index < -0.39 is 17.4 Å². The Bertz CT molecular complexity index is 1740. The summed E-state index contributed by atoms with van der Waals surface area (Å²) in [6.45, 7) is 4.21. The van der Waals surface area contributed by atoms with Gasteiger partial charge in [-0.2, -0.15) is 0 Å². The van der Waals surface area contributed by atoms with Crippen molar-refractivity contribution in [2.24, 2.45) is 17.8 Å². The molecule has 2 amide bonds. The van der Waals surface area contributed by atoms with E-state index in [4.69, 9.17) is 9.72 Å². The first-order valence-electron chi connectivity index (χ1n) is 13.3. The lowest BCUT2D eigenvalue weighted by Crippen LogP contribution is -2.50. The van der Waals surface area contributed by atoms with Gasteiger partial charge in [-0.1, -0.05) is 56.3 Å². The van der Waals surface area contributed by atoms with E-state index in [1.165, 1.54) is 12.0 Å². The molecule has 1 spiro atoms. The Morgan fingerprint density at radius 3 is 2.38 bits per heavy atom. The summed E-state index contributed by atoms with van der Waals surface area (Å²) in [5.74, 6) is -0.826. The summed E-state index contributed by atoms with van der Waals surface area (Å²) in [6.07, 6.45) is 0.682. The predicted molar refractivity (Wildman–Crippen MR) is 147 cm³/mol. The number of rotatable bonds is 4. The molecule has 39 heavy (non-hydrogen) atoms. The van der Waals surface area contributed by atoms with Crippen molar-refractivity contribution in [2.75, 3.05) is 12.0 Å². The van der Waals surface area contributed by atoms with Crippen LogP contribution in [0.15, 0.2) is 77.6 Å². The Kier molecular flexibility index (Phi) is 5.09. The molecular formula is C31H28N4O4. The lowest BCUT2D eigenvalue weighted by molar-refractivity contribution is -0.123. The Labute approximate surface area is 225 Å². The molecule has 0 bridgehead atoms. The molecule has 8 nitrogen and oxygen atoms in total. The van der Waals surface area contributed by atoms with Gasteiger partial charge in [-0.25, -0.2) is 9.88 Å². The minimum absolute atomic E-state index is 0.191. The van der Waals surface area contributed by atoms with E-state index in [9.17, 15) is 14.4 Å². The van der Waals surface area contributed by atoms with E-state index in [1.54, 1.807) is 28.8 Å². The molecule has 0 saturated carbocycles. The second-order valence-corrected chi connectivity index (χ2v) is 11.0. The van der Waals surface area contributed by atoms with Crippen LogP contribution in [0.2, 0.25) is 0 Å². The second-order valence-electron chi connectivity index (χ2n) is 11.0. The summed E-state index contributed by atoms with van der Waals surface area (Å²) >= 11 is 0. The smallest absolute Gasteiger partial charge is 0.266 e. The van der Waals surface area contributed by atoms with Gasteiger partial charge in [-0.05, 0) is 42.7 Å². The molecule has 8 heteroatoms. The Morgan fingerprint density at radius 2 is 1.62 bits per heavy atom. The number of carbonyl (C=O) groups excluding carboxylic acids is 2. The van der Waals surface area contributed by atoms with E-state index in [1.807, 2.05) is 48.5 Å². The van der Waals surface area contributed by atoms with Gasteiger partial charge >= 0.3 is 0 Å². The zero-order valence-electron chi connectivity index (χ0n) is 21.9. The highest BCUT2D eigenvalue weighted by atomic mass is 16.5. The van der Waals surface area contributed by atoms with Crippen molar-refractivity contribution in [1.82, 2.24) is 14.9 Å². The molecule has 0 unspecified atom stereocenters. The van der Waals surface area contributed by atoms with Crippen LogP contribution in [0.1, 0.15) is 31.7 Å². The van der Waals surface area contributed by atoms with Gasteiger partial charge in [0.05, 0.1) is 41.2 Å². The minimum Gasteiger partial charge on any atom is -0.495 e. The summed E-state index contributed by atoms with van der Waals surface area (Å²) in [4.78, 5) is 49.0. The number of nitrogens with one attached hydrogen (secondary N) is 1. The minimum atomic E-state index is -1.15. The quantitative estimate of drug-likeness (QED) is 0.412. The van der Waals surface area contributed by atoms with Gasteiger partial charge < -0.3 is 4.74 Å². The van der Waals surface area contributed by atoms with Crippen molar-refractivity contribution < 1.29 is 14.3 Å². The van der Waals surface area contributed by atoms with Gasteiger partial charge in [0.15, 0.2) is 0 Å². The number of aromatic nitrogens is 2. The molecule has 3 aliphatic heterocycles. The Balaban J connectivity index is 1.52. The third-order valence-electron chi connectivity index (χ3n) is 8.41. The monoisotopic (exact) mass is 520 g/mol. The van der Waals surface area contributed by atoms with Gasteiger partial charge in [0.25, 0.3) is 5.56 Å². The van der Waals surface area contributed by atoms with Crippen molar-refractivity contribution >= 4 is 28.4 Å². The molecule has 1 aromatic heterocycles. The summed E-state index contributed by atoms with van der Waals surface area (Å²) in [6, 6.07) is 21.7. The van der Waals surface area contributed by atoms with Gasteiger partial charge in [-0.15, -0.1) is 0 Å². The first-order chi connectivity index (χ1) is 18.9. The molecule has 0 aliphatic carbocycles. The van der Waals surface area contributed by atoms with Crippen LogP contribution in [-0.2, 0) is 15.1 Å². The Hall–Kier alpha value is -4.30. The van der Waals surface area contributed by atoms with Crippen molar-refractivity contribution in [2.45, 2.75) is 31.8 Å². The molecule has 1 N–H and O–H groups in total. The zero-order valence-corrected chi connectivity index (χ0v) is 21.9. The molecule has 4 atom stereocenters. The van der Waals surface area contributed by atoms with Crippen LogP contribution in [0, 0.1) is 17.8 Å². The highest BCUT2D eigenvalue weighted by Crippen LogP contribution is 2.56. The number of imide groups is 1. The van der Waals surface area contributed by atoms with Crippen LogP contribution in [0.25, 0.3) is 16.6 Å². The number of amides is 2. The Morgan fingerprint density at radius 1 is 0.923 bits per heavy atom. The van der Waals surface area contributed by atoms with Gasteiger partial charge in [-0.3, -0.25) is 24.3 Å². The lowest BCUT2D eigenvalue weighted by Gasteiger charge is -2.32. The number of benzene rings is 3. The molecule has 0 radical (unpaired) electrons. The average molecular weight is 521 g/mol. The zero-order chi connectivity index (χ0) is 27.1. The number of carbonyl (C=O) groups is 2. The van der Waals surface area contributed by atoms with Crippen LogP contribution in [0.5, 0.6) is 5.75 Å². The fourth-order valence-electron chi connectivity index (χ4n) is 6.98. The number of methoxy groups -OCH3 is 1. The van der Waals surface area contributed by atoms with Gasteiger partial charge in [0, 0.05) is 11.6 Å². The lowest BCUT2D eigenvalue weighted by atomic mass is 9.75. The van der Waals surface area contributed by atoms with Crippen molar-refractivity contribution in [3.63, 3.8) is 0 Å². The van der Waals surface area contributed by atoms with Gasteiger partial charge in [0.1, 0.15) is 17.1 Å². The number of para-hydroxylation sites is 4. The second kappa shape index (κ2) is 8.35. The normalized spacial score (nSPS) is 25.0.